The Bertz CT molecular complexity index is 184. The van der Waals surface area contributed by atoms with Crippen molar-refractivity contribution in [2.75, 3.05) is 0 Å². The summed E-state index contributed by atoms with van der Waals surface area (Å²) in [7, 11) is 0. The second kappa shape index (κ2) is 2.65. The third kappa shape index (κ3) is 1.42. The van der Waals surface area contributed by atoms with Crippen LogP contribution in [0.4, 0.5) is 0 Å². The number of rotatable bonds is 2. The van der Waals surface area contributed by atoms with Crippen LogP contribution in [0.3, 0.4) is 0 Å². The van der Waals surface area contributed by atoms with Crippen LogP contribution in [0.15, 0.2) is 0 Å². The zero-order valence-corrected chi connectivity index (χ0v) is 8.47. The molecule has 1 unspecified atom stereocenters. The van der Waals surface area contributed by atoms with E-state index in [2.05, 4.69) is 0 Å². The molecule has 1 N–H and O–H groups in total. The summed E-state index contributed by atoms with van der Waals surface area (Å²) in [5.74, 6) is 0.785. The van der Waals surface area contributed by atoms with Gasteiger partial charge in [0.05, 0.1) is 0 Å². The molecule has 0 aromatic rings. The molecule has 2 aliphatic rings. The molecule has 0 radical (unpaired) electrons. The van der Waals surface area contributed by atoms with Crippen LogP contribution in [0.5, 0.6) is 0 Å². The van der Waals surface area contributed by atoms with Gasteiger partial charge in [-0.25, -0.2) is 0 Å². The van der Waals surface area contributed by atoms with E-state index in [0.717, 1.165) is 25.2 Å². The van der Waals surface area contributed by atoms with Gasteiger partial charge < -0.3 is 0 Å². The van der Waals surface area contributed by atoms with Crippen molar-refractivity contribution in [3.05, 3.63) is 0 Å². The average molecular weight is 220 g/mol. The van der Waals surface area contributed by atoms with Crippen molar-refractivity contribution in [3.8, 4) is 0 Å². The van der Waals surface area contributed by atoms with Crippen molar-refractivity contribution in [1.29, 1.82) is 0 Å². The fourth-order valence-electron chi connectivity index (χ4n) is 2.47. The number of hydrogen-bond acceptors (Lipinski definition) is 2. The molecule has 0 aliphatic heterocycles. The first kappa shape index (κ1) is 7.90. The molecule has 2 rings (SSSR count). The van der Waals surface area contributed by atoms with Crippen molar-refractivity contribution in [2.24, 2.45) is 5.92 Å². The molecular weight excluding hydrogens is 207 g/mol. The molecule has 0 heterocycles. The van der Waals surface area contributed by atoms with Crippen molar-refractivity contribution in [3.63, 3.8) is 0 Å². The average Bonchev–Trinajstić information content (AvgIpc) is 2.43. The molecule has 2 saturated carbocycles. The molecular formula is C7H13AsO3. The summed E-state index contributed by atoms with van der Waals surface area (Å²) >= 11 is -3.27. The molecule has 0 amide bonds. The van der Waals surface area contributed by atoms with E-state index in [1.54, 1.807) is 0 Å². The van der Waals surface area contributed by atoms with Gasteiger partial charge in [0.2, 0.25) is 0 Å². The van der Waals surface area contributed by atoms with Gasteiger partial charge in [-0.15, -0.1) is 0 Å². The first-order valence-electron chi connectivity index (χ1n) is 4.12. The van der Waals surface area contributed by atoms with Gasteiger partial charge in [0.25, 0.3) is 0 Å². The van der Waals surface area contributed by atoms with E-state index in [4.69, 9.17) is 7.82 Å². The normalized spacial score (nSPS) is 44.6. The van der Waals surface area contributed by atoms with Crippen LogP contribution >= 0.6 is 0 Å². The van der Waals surface area contributed by atoms with Crippen molar-refractivity contribution in [2.45, 2.75) is 37.7 Å². The quantitative estimate of drug-likeness (QED) is 0.688. The summed E-state index contributed by atoms with van der Waals surface area (Å²) < 4.78 is 24.4. The van der Waals surface area contributed by atoms with E-state index in [1.165, 1.54) is 12.8 Å². The third-order valence-electron chi connectivity index (χ3n) is 2.98. The molecule has 0 saturated heterocycles. The molecule has 1 atom stereocenters. The summed E-state index contributed by atoms with van der Waals surface area (Å²) in [4.78, 5) is 0. The molecule has 2 fully saturated rings. The summed E-state index contributed by atoms with van der Waals surface area (Å²) in [6.07, 6.45) is 5.46. The fraction of sp³-hybridized carbons (Fsp3) is 1.00. The van der Waals surface area contributed by atoms with E-state index >= 15 is 0 Å². The molecule has 3 nitrogen and oxygen atoms in total. The minimum absolute atomic E-state index is 0.156. The first-order valence-corrected chi connectivity index (χ1v) is 6.77. The molecule has 0 aromatic heterocycles. The summed E-state index contributed by atoms with van der Waals surface area (Å²) in [6.45, 7) is 0. The second-order valence-electron chi connectivity index (χ2n) is 3.70. The zero-order valence-electron chi connectivity index (χ0n) is 6.38. The van der Waals surface area contributed by atoms with E-state index in [0.29, 0.717) is 0 Å². The Morgan fingerprint density at radius 2 is 2.09 bits per heavy atom. The Balaban J connectivity index is 2.05. The first-order chi connectivity index (χ1) is 5.20. The van der Waals surface area contributed by atoms with Crippen molar-refractivity contribution < 1.29 is 11.6 Å². The van der Waals surface area contributed by atoms with Crippen LogP contribution in [0.1, 0.15) is 32.1 Å². The van der Waals surface area contributed by atoms with E-state index < -0.39 is 15.3 Å². The van der Waals surface area contributed by atoms with Crippen molar-refractivity contribution >= 4 is 15.3 Å². The van der Waals surface area contributed by atoms with Crippen LogP contribution < -0.4 is 0 Å². The predicted octanol–water partition coefficient (Wildman–Crippen LogP) is 0.476. The van der Waals surface area contributed by atoms with E-state index in [9.17, 15) is 3.74 Å². The molecule has 64 valence electrons. The Morgan fingerprint density at radius 1 is 1.45 bits per heavy atom. The SMILES string of the molecule is O=[AsH](O)OC12CCC(CC1)C2. The van der Waals surface area contributed by atoms with E-state index in [1.807, 2.05) is 0 Å². The van der Waals surface area contributed by atoms with Crippen LogP contribution in [0.25, 0.3) is 0 Å². The molecule has 11 heavy (non-hydrogen) atoms. The Labute approximate surface area is 70.9 Å². The minimum atomic E-state index is -3.27. The molecule has 4 heteroatoms. The van der Waals surface area contributed by atoms with Crippen LogP contribution in [0.2, 0.25) is 0 Å². The zero-order chi connectivity index (χ0) is 7.90. The molecule has 2 bridgehead atoms. The molecule has 0 spiro atoms. The maximum absolute atomic E-state index is 10.6. The molecule has 2 aliphatic carbocycles. The van der Waals surface area contributed by atoms with Gasteiger partial charge in [0, 0.05) is 0 Å². The molecule has 0 aromatic carbocycles. The van der Waals surface area contributed by atoms with Gasteiger partial charge in [0.15, 0.2) is 0 Å². The van der Waals surface area contributed by atoms with Crippen LogP contribution in [-0.4, -0.2) is 25.0 Å². The van der Waals surface area contributed by atoms with Crippen LogP contribution in [0, 0.1) is 5.92 Å². The van der Waals surface area contributed by atoms with Gasteiger partial charge in [-0.05, 0) is 0 Å². The van der Waals surface area contributed by atoms with E-state index in [-0.39, 0.29) is 5.60 Å². The van der Waals surface area contributed by atoms with Gasteiger partial charge in [-0.1, -0.05) is 0 Å². The fourth-order valence-corrected chi connectivity index (χ4v) is 3.85. The third-order valence-corrected chi connectivity index (χ3v) is 4.26. The summed E-state index contributed by atoms with van der Waals surface area (Å²) in [6, 6.07) is 0. The topological polar surface area (TPSA) is 46.5 Å². The Morgan fingerprint density at radius 3 is 2.45 bits per heavy atom. The van der Waals surface area contributed by atoms with Gasteiger partial charge in [-0.2, -0.15) is 0 Å². The van der Waals surface area contributed by atoms with Gasteiger partial charge >= 0.3 is 70.5 Å². The van der Waals surface area contributed by atoms with Gasteiger partial charge in [-0.3, -0.25) is 0 Å². The summed E-state index contributed by atoms with van der Waals surface area (Å²) in [5.41, 5.74) is -0.156. The summed E-state index contributed by atoms with van der Waals surface area (Å²) in [5, 5.41) is 0. The number of hydrogen-bond donors (Lipinski definition) is 1. The van der Waals surface area contributed by atoms with Crippen molar-refractivity contribution in [1.82, 2.24) is 0 Å². The van der Waals surface area contributed by atoms with Crippen LogP contribution in [-0.2, 0) is 7.47 Å². The monoisotopic (exact) mass is 220 g/mol. The Hall–Kier alpha value is 0.278. The predicted molar refractivity (Wildman–Crippen MR) is 40.4 cm³/mol. The number of fused-ring (bicyclic) bond motifs is 2. The van der Waals surface area contributed by atoms with Gasteiger partial charge in [0.1, 0.15) is 0 Å². The second-order valence-corrected chi connectivity index (χ2v) is 5.24. The Kier molecular flexibility index (Phi) is 1.90. The standard InChI is InChI=1S/C7H13AsO3/c9-8(10)11-7-3-1-6(5-7)2-4-7/h6,8H,1-5H2,(H,9,10). The maximum atomic E-state index is 10.6.